The molecular weight excluding hydrogens is 264 g/mol. The average Bonchev–Trinajstić information content (AvgIpc) is 2.53. The third-order valence-corrected chi connectivity index (χ3v) is 4.37. The largest absolute Gasteiger partial charge is 0.396 e. The van der Waals surface area contributed by atoms with Gasteiger partial charge in [0.1, 0.15) is 0 Å². The van der Waals surface area contributed by atoms with E-state index in [0.717, 1.165) is 56.3 Å². The molecule has 1 aromatic rings. The second-order valence-electron chi connectivity index (χ2n) is 5.97. The van der Waals surface area contributed by atoms with Crippen molar-refractivity contribution < 1.29 is 9.90 Å². The molecule has 0 unspecified atom stereocenters. The van der Waals surface area contributed by atoms with E-state index < -0.39 is 0 Å². The number of anilines is 1. The zero-order valence-electron chi connectivity index (χ0n) is 12.6. The molecule has 4 N–H and O–H groups in total. The molecule has 1 fully saturated rings. The van der Waals surface area contributed by atoms with Gasteiger partial charge in [0.2, 0.25) is 5.91 Å². The maximum absolute atomic E-state index is 12.3. The van der Waals surface area contributed by atoms with E-state index >= 15 is 0 Å². The molecule has 1 amide bonds. The topological polar surface area (TPSA) is 75.4 Å². The zero-order valence-corrected chi connectivity index (χ0v) is 12.6. The lowest BCUT2D eigenvalue weighted by atomic mass is 9.81. The first-order valence-corrected chi connectivity index (χ1v) is 7.93. The molecule has 116 valence electrons. The van der Waals surface area contributed by atoms with Gasteiger partial charge in [-0.2, -0.15) is 0 Å². The van der Waals surface area contributed by atoms with E-state index in [0.29, 0.717) is 5.92 Å². The number of carbonyl (C=O) groups excluding carboxylic acids is 1. The minimum atomic E-state index is 0.119. The van der Waals surface area contributed by atoms with Crippen LogP contribution in [0.3, 0.4) is 0 Å². The standard InChI is InChI=1S/C17H26N2O2/c18-12-14-6-8-15(9-7-14)17(21)19-16-5-1-3-13(11-16)4-2-10-20/h1,3,5,11,14-15,20H,2,4,6-10,12,18H2,(H,19,21). The zero-order chi connectivity index (χ0) is 15.1. The van der Waals surface area contributed by atoms with Crippen LogP contribution in [0.25, 0.3) is 0 Å². The van der Waals surface area contributed by atoms with Crippen molar-refractivity contribution in [3.8, 4) is 0 Å². The fraction of sp³-hybridized carbons (Fsp3) is 0.588. The van der Waals surface area contributed by atoms with Crippen LogP contribution in [0.5, 0.6) is 0 Å². The summed E-state index contributed by atoms with van der Waals surface area (Å²) >= 11 is 0. The highest BCUT2D eigenvalue weighted by Gasteiger charge is 2.25. The van der Waals surface area contributed by atoms with Gasteiger partial charge in [0, 0.05) is 18.2 Å². The molecule has 0 spiro atoms. The normalized spacial score (nSPS) is 22.0. The summed E-state index contributed by atoms with van der Waals surface area (Å²) in [6, 6.07) is 7.90. The molecule has 21 heavy (non-hydrogen) atoms. The maximum Gasteiger partial charge on any atom is 0.227 e. The molecule has 0 bridgehead atoms. The summed E-state index contributed by atoms with van der Waals surface area (Å²) in [7, 11) is 0. The van der Waals surface area contributed by atoms with Gasteiger partial charge in [0.05, 0.1) is 0 Å². The Bertz CT molecular complexity index is 454. The van der Waals surface area contributed by atoms with Crippen LogP contribution in [-0.2, 0) is 11.2 Å². The van der Waals surface area contributed by atoms with Crippen LogP contribution in [0.2, 0.25) is 0 Å². The Morgan fingerprint density at radius 2 is 2.05 bits per heavy atom. The lowest BCUT2D eigenvalue weighted by Crippen LogP contribution is -2.29. The van der Waals surface area contributed by atoms with Gasteiger partial charge in [-0.05, 0) is 68.7 Å². The molecule has 2 rings (SSSR count). The molecule has 1 aromatic carbocycles. The number of aryl methyl sites for hydroxylation is 1. The SMILES string of the molecule is NCC1CCC(C(=O)Nc2cccc(CCCO)c2)CC1. The van der Waals surface area contributed by atoms with E-state index in [1.807, 2.05) is 24.3 Å². The second kappa shape index (κ2) is 8.15. The third-order valence-electron chi connectivity index (χ3n) is 4.37. The fourth-order valence-electron chi connectivity index (χ4n) is 2.99. The molecule has 0 aromatic heterocycles. The first-order chi connectivity index (χ1) is 10.2. The summed E-state index contributed by atoms with van der Waals surface area (Å²) in [6.07, 6.45) is 5.59. The van der Waals surface area contributed by atoms with Crippen LogP contribution < -0.4 is 11.1 Å². The summed E-state index contributed by atoms with van der Waals surface area (Å²) in [5, 5.41) is 11.9. The van der Waals surface area contributed by atoms with Crippen molar-refractivity contribution in [1.29, 1.82) is 0 Å². The number of nitrogens with one attached hydrogen (secondary N) is 1. The highest BCUT2D eigenvalue weighted by Crippen LogP contribution is 2.29. The number of aliphatic hydroxyl groups is 1. The number of aliphatic hydroxyl groups excluding tert-OH is 1. The van der Waals surface area contributed by atoms with Crippen molar-refractivity contribution in [2.24, 2.45) is 17.6 Å². The van der Waals surface area contributed by atoms with E-state index in [1.165, 1.54) is 0 Å². The van der Waals surface area contributed by atoms with Crippen LogP contribution in [0.4, 0.5) is 5.69 Å². The average molecular weight is 290 g/mol. The van der Waals surface area contributed by atoms with Crippen molar-refractivity contribution >= 4 is 11.6 Å². The minimum absolute atomic E-state index is 0.119. The monoisotopic (exact) mass is 290 g/mol. The maximum atomic E-state index is 12.3. The number of rotatable bonds is 6. The predicted octanol–water partition coefficient (Wildman–Crippen LogP) is 2.32. The molecule has 0 saturated heterocycles. The molecule has 0 aliphatic heterocycles. The predicted molar refractivity (Wildman–Crippen MR) is 85.0 cm³/mol. The third kappa shape index (κ3) is 4.83. The number of amides is 1. The fourth-order valence-corrected chi connectivity index (χ4v) is 2.99. The van der Waals surface area contributed by atoms with E-state index in [4.69, 9.17) is 10.8 Å². The van der Waals surface area contributed by atoms with Crippen molar-refractivity contribution in [2.45, 2.75) is 38.5 Å². The van der Waals surface area contributed by atoms with Crippen LogP contribution in [0.1, 0.15) is 37.7 Å². The van der Waals surface area contributed by atoms with Gasteiger partial charge in [-0.1, -0.05) is 12.1 Å². The smallest absolute Gasteiger partial charge is 0.227 e. The Kier molecular flexibility index (Phi) is 6.21. The first-order valence-electron chi connectivity index (χ1n) is 7.93. The highest BCUT2D eigenvalue weighted by molar-refractivity contribution is 5.92. The van der Waals surface area contributed by atoms with E-state index in [-0.39, 0.29) is 18.4 Å². The Morgan fingerprint density at radius 3 is 2.71 bits per heavy atom. The van der Waals surface area contributed by atoms with Crippen LogP contribution in [0.15, 0.2) is 24.3 Å². The number of carbonyl (C=O) groups is 1. The first kappa shape index (κ1) is 16.0. The van der Waals surface area contributed by atoms with Gasteiger partial charge in [-0.15, -0.1) is 0 Å². The summed E-state index contributed by atoms with van der Waals surface area (Å²) in [4.78, 5) is 12.3. The Labute approximate surface area is 126 Å². The van der Waals surface area contributed by atoms with Gasteiger partial charge in [-0.25, -0.2) is 0 Å². The van der Waals surface area contributed by atoms with E-state index in [9.17, 15) is 4.79 Å². The Balaban J connectivity index is 1.87. The highest BCUT2D eigenvalue weighted by atomic mass is 16.2. The molecule has 0 atom stereocenters. The van der Waals surface area contributed by atoms with Gasteiger partial charge >= 0.3 is 0 Å². The lowest BCUT2D eigenvalue weighted by molar-refractivity contribution is -0.121. The van der Waals surface area contributed by atoms with E-state index in [1.54, 1.807) is 0 Å². The summed E-state index contributed by atoms with van der Waals surface area (Å²) in [5.41, 5.74) is 7.69. The second-order valence-corrected chi connectivity index (χ2v) is 5.97. The number of hydrogen-bond acceptors (Lipinski definition) is 3. The lowest BCUT2D eigenvalue weighted by Gasteiger charge is -2.26. The summed E-state index contributed by atoms with van der Waals surface area (Å²) in [6.45, 7) is 0.933. The molecule has 1 aliphatic rings. The van der Waals surface area contributed by atoms with Crippen LogP contribution >= 0.6 is 0 Å². The summed E-state index contributed by atoms with van der Waals surface area (Å²) < 4.78 is 0. The number of nitrogens with two attached hydrogens (primary N) is 1. The number of benzene rings is 1. The number of hydrogen-bond donors (Lipinski definition) is 3. The van der Waals surface area contributed by atoms with Gasteiger partial charge in [-0.3, -0.25) is 4.79 Å². The van der Waals surface area contributed by atoms with E-state index in [2.05, 4.69) is 5.32 Å². The van der Waals surface area contributed by atoms with Gasteiger partial charge in [0.15, 0.2) is 0 Å². The van der Waals surface area contributed by atoms with Crippen molar-refractivity contribution in [3.05, 3.63) is 29.8 Å². The van der Waals surface area contributed by atoms with Crippen molar-refractivity contribution in [2.75, 3.05) is 18.5 Å². The molecule has 1 saturated carbocycles. The molecule has 1 aliphatic carbocycles. The quantitative estimate of drug-likeness (QED) is 0.752. The molecule has 0 heterocycles. The van der Waals surface area contributed by atoms with Gasteiger partial charge in [0.25, 0.3) is 0 Å². The van der Waals surface area contributed by atoms with Gasteiger partial charge < -0.3 is 16.2 Å². The Hall–Kier alpha value is -1.39. The molecular formula is C17H26N2O2. The van der Waals surface area contributed by atoms with Crippen LogP contribution in [0, 0.1) is 11.8 Å². The summed E-state index contributed by atoms with van der Waals surface area (Å²) in [5.74, 6) is 0.842. The van der Waals surface area contributed by atoms with Crippen LogP contribution in [-0.4, -0.2) is 24.2 Å². The van der Waals surface area contributed by atoms with Crippen molar-refractivity contribution in [1.82, 2.24) is 0 Å². The molecule has 4 heteroatoms. The van der Waals surface area contributed by atoms with Crippen molar-refractivity contribution in [3.63, 3.8) is 0 Å². The minimum Gasteiger partial charge on any atom is -0.396 e. The molecule has 0 radical (unpaired) electrons. The molecule has 4 nitrogen and oxygen atoms in total. The Morgan fingerprint density at radius 1 is 1.29 bits per heavy atom.